The fourth-order valence-corrected chi connectivity index (χ4v) is 3.63. The van der Waals surface area contributed by atoms with E-state index in [4.69, 9.17) is 9.16 Å². The van der Waals surface area contributed by atoms with Gasteiger partial charge in [-0.15, -0.1) is 0 Å². The van der Waals surface area contributed by atoms with Crippen LogP contribution < -0.4 is 0 Å². The summed E-state index contributed by atoms with van der Waals surface area (Å²) in [4.78, 5) is 11.8. The predicted octanol–water partition coefficient (Wildman–Crippen LogP) is 2.68. The molecular weight excluding hydrogens is 288 g/mol. The van der Waals surface area contributed by atoms with Crippen molar-refractivity contribution in [2.45, 2.75) is 77.2 Å². The average molecular weight is 318 g/mol. The predicted molar refractivity (Wildman–Crippen MR) is 83.4 cm³/mol. The number of aliphatic hydroxyl groups is 1. The van der Waals surface area contributed by atoms with Crippen molar-refractivity contribution in [2.75, 3.05) is 7.11 Å². The van der Waals surface area contributed by atoms with E-state index < -0.39 is 20.1 Å². The van der Waals surface area contributed by atoms with Crippen molar-refractivity contribution < 1.29 is 23.8 Å². The highest BCUT2D eigenvalue weighted by atomic mass is 28.4. The van der Waals surface area contributed by atoms with Crippen LogP contribution in [0.25, 0.3) is 0 Å². The van der Waals surface area contributed by atoms with Crippen molar-refractivity contribution >= 4 is 14.3 Å². The van der Waals surface area contributed by atoms with E-state index in [0.29, 0.717) is 0 Å². The fraction of sp³-hybridized carbons (Fsp3) is 0.933. The highest BCUT2D eigenvalue weighted by molar-refractivity contribution is 6.74. The Kier molecular flexibility index (Phi) is 5.31. The van der Waals surface area contributed by atoms with Crippen LogP contribution in [0.3, 0.4) is 0 Å². The van der Waals surface area contributed by atoms with Crippen LogP contribution >= 0.6 is 0 Å². The molecule has 0 amide bonds. The number of ether oxygens (including phenoxy) is 2. The number of esters is 1. The summed E-state index contributed by atoms with van der Waals surface area (Å²) in [5.41, 5.74) is 0. The molecule has 0 saturated carbocycles. The van der Waals surface area contributed by atoms with Gasteiger partial charge in [0.05, 0.1) is 19.3 Å². The van der Waals surface area contributed by atoms with E-state index in [1.807, 2.05) is 13.8 Å². The lowest BCUT2D eigenvalue weighted by atomic mass is 9.89. The zero-order valence-corrected chi connectivity index (χ0v) is 15.5. The summed E-state index contributed by atoms with van der Waals surface area (Å²) in [6.07, 6.45) is -0.395. The minimum atomic E-state index is -1.99. The van der Waals surface area contributed by atoms with Crippen molar-refractivity contribution in [1.82, 2.24) is 0 Å². The van der Waals surface area contributed by atoms with Crippen LogP contribution in [0, 0.1) is 5.92 Å². The highest BCUT2D eigenvalue weighted by Gasteiger charge is 2.51. The Balaban J connectivity index is 2.97. The Hall–Kier alpha value is -0.433. The molecule has 0 aliphatic carbocycles. The van der Waals surface area contributed by atoms with Gasteiger partial charge in [0.15, 0.2) is 8.32 Å². The van der Waals surface area contributed by atoms with E-state index in [2.05, 4.69) is 38.6 Å². The molecule has 0 unspecified atom stereocenters. The maximum atomic E-state index is 11.8. The smallest absolute Gasteiger partial charge is 0.366 e. The summed E-state index contributed by atoms with van der Waals surface area (Å²) < 4.78 is 16.6. The Labute approximate surface area is 129 Å². The van der Waals surface area contributed by atoms with Crippen LogP contribution in [0.1, 0.15) is 41.0 Å². The number of hydrogen-bond donors (Lipinski definition) is 1. The minimum absolute atomic E-state index is 0.0671. The number of carbonyl (C=O) groups excluding carboxylic acids is 1. The summed E-state index contributed by atoms with van der Waals surface area (Å²) in [6, 6.07) is 0. The average Bonchev–Trinajstić information content (AvgIpc) is 2.32. The van der Waals surface area contributed by atoms with Crippen LogP contribution in [0.4, 0.5) is 0 Å². The third-order valence-electron chi connectivity index (χ3n) is 4.94. The molecule has 1 aliphatic heterocycles. The van der Waals surface area contributed by atoms with Crippen molar-refractivity contribution in [3.8, 4) is 0 Å². The van der Waals surface area contributed by atoms with Gasteiger partial charge in [-0.05, 0) is 25.1 Å². The first kappa shape index (κ1) is 18.6. The first-order chi connectivity index (χ1) is 9.34. The zero-order chi connectivity index (χ0) is 16.6. The third kappa shape index (κ3) is 3.86. The van der Waals surface area contributed by atoms with Gasteiger partial charge in [0, 0.05) is 12.3 Å². The van der Waals surface area contributed by atoms with Crippen LogP contribution in [0.5, 0.6) is 0 Å². The molecule has 1 fully saturated rings. The van der Waals surface area contributed by atoms with Crippen molar-refractivity contribution in [2.24, 2.45) is 5.92 Å². The molecule has 124 valence electrons. The van der Waals surface area contributed by atoms with E-state index in [1.54, 1.807) is 0 Å². The van der Waals surface area contributed by atoms with Gasteiger partial charge >= 0.3 is 5.97 Å². The molecule has 1 saturated heterocycles. The summed E-state index contributed by atoms with van der Waals surface area (Å²) in [5.74, 6) is -2.57. The Bertz CT molecular complexity index is 390. The third-order valence-corrected chi connectivity index (χ3v) is 9.45. The van der Waals surface area contributed by atoms with Gasteiger partial charge in [-0.3, -0.25) is 0 Å². The number of methoxy groups -OCH3 is 1. The fourth-order valence-electron chi connectivity index (χ4n) is 2.22. The lowest BCUT2D eigenvalue weighted by molar-refractivity contribution is -0.279. The molecule has 4 atom stereocenters. The molecule has 21 heavy (non-hydrogen) atoms. The molecule has 1 N–H and O–H groups in total. The molecule has 0 bridgehead atoms. The van der Waals surface area contributed by atoms with Crippen LogP contribution in [-0.2, 0) is 18.7 Å². The molecule has 0 aromatic carbocycles. The van der Waals surface area contributed by atoms with E-state index in [9.17, 15) is 9.90 Å². The summed E-state index contributed by atoms with van der Waals surface area (Å²) in [6.45, 7) is 14.7. The van der Waals surface area contributed by atoms with Gasteiger partial charge < -0.3 is 19.0 Å². The van der Waals surface area contributed by atoms with Crippen LogP contribution in [0.15, 0.2) is 0 Å². The molecule has 5 nitrogen and oxygen atoms in total. The van der Waals surface area contributed by atoms with Gasteiger partial charge in [0.25, 0.3) is 5.79 Å². The molecule has 1 rings (SSSR count). The normalized spacial score (nSPS) is 34.6. The highest BCUT2D eigenvalue weighted by Crippen LogP contribution is 2.41. The molecular formula is C15H30O5Si. The van der Waals surface area contributed by atoms with Crippen molar-refractivity contribution in [3.05, 3.63) is 0 Å². The molecule has 6 heteroatoms. The van der Waals surface area contributed by atoms with Crippen LogP contribution in [0.2, 0.25) is 18.1 Å². The molecule has 0 aromatic heterocycles. The standard InChI is InChI=1S/C15H30O5Si/c1-10-11(2)19-15(17,13(16)18-6)9-12(10)20-21(7,8)14(3,4)5/h10-12,17H,9H2,1-8H3/t10-,11+,12+,15+/m1/s1. The van der Waals surface area contributed by atoms with Crippen molar-refractivity contribution in [3.63, 3.8) is 0 Å². The monoisotopic (exact) mass is 318 g/mol. The lowest BCUT2D eigenvalue weighted by Crippen LogP contribution is -2.58. The molecule has 1 heterocycles. The lowest BCUT2D eigenvalue weighted by Gasteiger charge is -2.47. The summed E-state index contributed by atoms with van der Waals surface area (Å²) >= 11 is 0. The molecule has 0 aromatic rings. The summed E-state index contributed by atoms with van der Waals surface area (Å²) in [5, 5.41) is 10.5. The number of carbonyl (C=O) groups is 1. The maximum absolute atomic E-state index is 11.8. The second-order valence-electron chi connectivity index (χ2n) is 7.58. The molecule has 0 radical (unpaired) electrons. The van der Waals surface area contributed by atoms with Gasteiger partial charge in [-0.1, -0.05) is 27.7 Å². The van der Waals surface area contributed by atoms with Gasteiger partial charge in [-0.25, -0.2) is 4.79 Å². The molecule has 0 spiro atoms. The van der Waals surface area contributed by atoms with E-state index in [0.717, 1.165) is 0 Å². The second kappa shape index (κ2) is 5.99. The first-order valence-corrected chi connectivity index (χ1v) is 10.4. The van der Waals surface area contributed by atoms with Gasteiger partial charge in [0.1, 0.15) is 0 Å². The summed E-state index contributed by atoms with van der Waals surface area (Å²) in [7, 11) is -0.744. The maximum Gasteiger partial charge on any atom is 0.366 e. The second-order valence-corrected chi connectivity index (χ2v) is 12.3. The Morgan fingerprint density at radius 1 is 1.33 bits per heavy atom. The molecule has 1 aliphatic rings. The first-order valence-electron chi connectivity index (χ1n) is 7.50. The van der Waals surface area contributed by atoms with Gasteiger partial charge in [0.2, 0.25) is 0 Å². The SMILES string of the molecule is COC(=O)[C@]1(O)C[C@H](O[Si](C)(C)C(C)(C)C)[C@H](C)[C@H](C)O1. The Morgan fingerprint density at radius 2 is 1.86 bits per heavy atom. The van der Waals surface area contributed by atoms with E-state index >= 15 is 0 Å². The largest absolute Gasteiger partial charge is 0.465 e. The van der Waals surface area contributed by atoms with Gasteiger partial charge in [-0.2, -0.15) is 0 Å². The topological polar surface area (TPSA) is 65.0 Å². The number of hydrogen-bond acceptors (Lipinski definition) is 5. The zero-order valence-electron chi connectivity index (χ0n) is 14.5. The Morgan fingerprint density at radius 3 is 2.29 bits per heavy atom. The minimum Gasteiger partial charge on any atom is -0.465 e. The van der Waals surface area contributed by atoms with Crippen molar-refractivity contribution in [1.29, 1.82) is 0 Å². The quantitative estimate of drug-likeness (QED) is 0.640. The number of rotatable bonds is 3. The van der Waals surface area contributed by atoms with E-state index in [-0.39, 0.29) is 29.6 Å². The van der Waals surface area contributed by atoms with E-state index in [1.165, 1.54) is 7.11 Å². The van der Waals surface area contributed by atoms with Crippen LogP contribution in [-0.4, -0.2) is 44.5 Å².